The summed E-state index contributed by atoms with van der Waals surface area (Å²) < 4.78 is 6.90. The highest BCUT2D eigenvalue weighted by atomic mass is 32.2. The lowest BCUT2D eigenvalue weighted by Gasteiger charge is -2.07. The van der Waals surface area contributed by atoms with Crippen LogP contribution >= 0.6 is 11.8 Å². The van der Waals surface area contributed by atoms with Gasteiger partial charge in [0.1, 0.15) is 0 Å². The highest BCUT2D eigenvalue weighted by Gasteiger charge is 2.13. The first kappa shape index (κ1) is 16.5. The number of benzene rings is 2. The van der Waals surface area contributed by atoms with Crippen LogP contribution in [0.3, 0.4) is 0 Å². The minimum atomic E-state index is -0.0655. The minimum Gasteiger partial charge on any atom is -0.338 e. The normalized spacial score (nSPS) is 11.2. The number of aromatic nitrogens is 4. The maximum atomic E-state index is 12.4. The summed E-state index contributed by atoms with van der Waals surface area (Å²) >= 11 is 1.40. The SMILES string of the molecule is Cc1ccccc1-c1noc(CSc2nc3ccccc3c(=O)n2C)n1. The Kier molecular flexibility index (Phi) is 4.30. The number of thioether (sulfide) groups is 1. The van der Waals surface area contributed by atoms with Crippen LogP contribution in [0.4, 0.5) is 0 Å². The van der Waals surface area contributed by atoms with Gasteiger partial charge in [0.25, 0.3) is 5.56 Å². The zero-order chi connectivity index (χ0) is 18.1. The summed E-state index contributed by atoms with van der Waals surface area (Å²) in [6.45, 7) is 2.01. The molecular formula is C19H16N4O2S. The monoisotopic (exact) mass is 364 g/mol. The predicted molar refractivity (Wildman–Crippen MR) is 101 cm³/mol. The number of rotatable bonds is 4. The first-order chi connectivity index (χ1) is 12.6. The van der Waals surface area contributed by atoms with Crippen LogP contribution in [0.5, 0.6) is 0 Å². The van der Waals surface area contributed by atoms with Gasteiger partial charge in [0.05, 0.1) is 16.7 Å². The standard InChI is InChI=1S/C19H16N4O2S/c1-12-7-3-4-8-13(12)17-21-16(25-22-17)11-26-19-20-15-10-6-5-9-14(15)18(24)23(19)2/h3-10H,11H2,1-2H3. The molecule has 130 valence electrons. The van der Waals surface area contributed by atoms with E-state index < -0.39 is 0 Å². The molecule has 4 aromatic rings. The highest BCUT2D eigenvalue weighted by Crippen LogP contribution is 2.24. The third-order valence-electron chi connectivity index (χ3n) is 4.12. The zero-order valence-corrected chi connectivity index (χ0v) is 15.2. The molecule has 0 atom stereocenters. The third kappa shape index (κ3) is 3.01. The lowest BCUT2D eigenvalue weighted by Crippen LogP contribution is -2.19. The predicted octanol–water partition coefficient (Wildman–Crippen LogP) is 3.58. The summed E-state index contributed by atoms with van der Waals surface area (Å²) in [7, 11) is 1.72. The number of para-hydroxylation sites is 1. The van der Waals surface area contributed by atoms with Crippen molar-refractivity contribution < 1.29 is 4.52 Å². The first-order valence-electron chi connectivity index (χ1n) is 8.10. The molecule has 0 radical (unpaired) electrons. The molecule has 4 rings (SSSR count). The molecule has 0 aliphatic carbocycles. The van der Waals surface area contributed by atoms with Gasteiger partial charge < -0.3 is 4.52 Å². The van der Waals surface area contributed by atoms with Crippen molar-refractivity contribution in [1.82, 2.24) is 19.7 Å². The van der Waals surface area contributed by atoms with E-state index >= 15 is 0 Å². The van der Waals surface area contributed by atoms with E-state index in [2.05, 4.69) is 15.1 Å². The van der Waals surface area contributed by atoms with Crippen molar-refractivity contribution in [2.75, 3.05) is 0 Å². The summed E-state index contributed by atoms with van der Waals surface area (Å²) in [5.41, 5.74) is 2.66. The summed E-state index contributed by atoms with van der Waals surface area (Å²) in [4.78, 5) is 21.5. The molecule has 0 aliphatic heterocycles. The number of nitrogens with zero attached hydrogens (tertiary/aromatic N) is 4. The Balaban J connectivity index is 1.59. The van der Waals surface area contributed by atoms with Crippen molar-refractivity contribution >= 4 is 22.7 Å². The molecule has 7 heteroatoms. The number of hydrogen-bond donors (Lipinski definition) is 0. The Morgan fingerprint density at radius 1 is 1.08 bits per heavy atom. The fourth-order valence-electron chi connectivity index (χ4n) is 2.70. The molecule has 0 amide bonds. The van der Waals surface area contributed by atoms with E-state index in [4.69, 9.17) is 4.52 Å². The number of aryl methyl sites for hydroxylation is 1. The van der Waals surface area contributed by atoms with E-state index in [0.717, 1.165) is 11.1 Å². The summed E-state index contributed by atoms with van der Waals surface area (Å²) in [5, 5.41) is 5.29. The Hall–Kier alpha value is -2.93. The Labute approximate surface area is 153 Å². The fourth-order valence-corrected chi connectivity index (χ4v) is 3.51. The van der Waals surface area contributed by atoms with Gasteiger partial charge in [0, 0.05) is 12.6 Å². The van der Waals surface area contributed by atoms with Crippen LogP contribution < -0.4 is 5.56 Å². The maximum Gasteiger partial charge on any atom is 0.261 e. The van der Waals surface area contributed by atoms with E-state index in [1.807, 2.05) is 49.4 Å². The van der Waals surface area contributed by atoms with Crippen molar-refractivity contribution in [2.45, 2.75) is 17.8 Å². The fraction of sp³-hybridized carbons (Fsp3) is 0.158. The maximum absolute atomic E-state index is 12.4. The van der Waals surface area contributed by atoms with Crippen molar-refractivity contribution in [3.05, 3.63) is 70.3 Å². The molecular weight excluding hydrogens is 348 g/mol. The summed E-state index contributed by atoms with van der Waals surface area (Å²) in [6.07, 6.45) is 0. The molecule has 2 aromatic heterocycles. The van der Waals surface area contributed by atoms with Gasteiger partial charge in [-0.1, -0.05) is 53.3 Å². The van der Waals surface area contributed by atoms with E-state index in [9.17, 15) is 4.79 Å². The van der Waals surface area contributed by atoms with E-state index in [-0.39, 0.29) is 5.56 Å². The van der Waals surface area contributed by atoms with Crippen molar-refractivity contribution in [1.29, 1.82) is 0 Å². The molecule has 2 heterocycles. The molecule has 0 bridgehead atoms. The second-order valence-electron chi connectivity index (χ2n) is 5.89. The molecule has 2 aromatic carbocycles. The van der Waals surface area contributed by atoms with Crippen LogP contribution in [-0.2, 0) is 12.8 Å². The van der Waals surface area contributed by atoms with Crippen LogP contribution in [0.15, 0.2) is 63.0 Å². The van der Waals surface area contributed by atoms with Gasteiger partial charge in [-0.05, 0) is 24.6 Å². The topological polar surface area (TPSA) is 73.8 Å². The molecule has 0 saturated heterocycles. The van der Waals surface area contributed by atoms with Gasteiger partial charge in [0.15, 0.2) is 5.16 Å². The smallest absolute Gasteiger partial charge is 0.261 e. The Morgan fingerprint density at radius 3 is 2.69 bits per heavy atom. The third-order valence-corrected chi connectivity index (χ3v) is 5.14. The van der Waals surface area contributed by atoms with Gasteiger partial charge >= 0.3 is 0 Å². The van der Waals surface area contributed by atoms with Gasteiger partial charge in [-0.25, -0.2) is 4.98 Å². The van der Waals surface area contributed by atoms with Crippen LogP contribution in [0.2, 0.25) is 0 Å². The molecule has 26 heavy (non-hydrogen) atoms. The van der Waals surface area contributed by atoms with Crippen molar-refractivity contribution in [3.63, 3.8) is 0 Å². The molecule has 0 fully saturated rings. The Bertz CT molecular complexity index is 1150. The van der Waals surface area contributed by atoms with Gasteiger partial charge in [0.2, 0.25) is 11.7 Å². The number of hydrogen-bond acceptors (Lipinski definition) is 6. The van der Waals surface area contributed by atoms with Crippen LogP contribution in [-0.4, -0.2) is 19.7 Å². The van der Waals surface area contributed by atoms with Gasteiger partial charge in [-0.15, -0.1) is 0 Å². The van der Waals surface area contributed by atoms with E-state index in [0.29, 0.717) is 33.5 Å². The van der Waals surface area contributed by atoms with Crippen molar-refractivity contribution in [2.24, 2.45) is 7.05 Å². The lowest BCUT2D eigenvalue weighted by molar-refractivity contribution is 0.391. The molecule has 0 saturated carbocycles. The zero-order valence-electron chi connectivity index (χ0n) is 14.3. The molecule has 0 unspecified atom stereocenters. The van der Waals surface area contributed by atoms with Crippen LogP contribution in [0.1, 0.15) is 11.5 Å². The molecule has 6 nitrogen and oxygen atoms in total. The average molecular weight is 364 g/mol. The quantitative estimate of drug-likeness (QED) is 0.407. The lowest BCUT2D eigenvalue weighted by atomic mass is 10.1. The largest absolute Gasteiger partial charge is 0.338 e. The van der Waals surface area contributed by atoms with Crippen LogP contribution in [0, 0.1) is 6.92 Å². The second-order valence-corrected chi connectivity index (χ2v) is 6.83. The average Bonchev–Trinajstić information content (AvgIpc) is 3.13. The van der Waals surface area contributed by atoms with Crippen molar-refractivity contribution in [3.8, 4) is 11.4 Å². The summed E-state index contributed by atoms with van der Waals surface area (Å²) in [5.74, 6) is 1.51. The first-order valence-corrected chi connectivity index (χ1v) is 9.09. The second kappa shape index (κ2) is 6.76. The van der Waals surface area contributed by atoms with E-state index in [1.54, 1.807) is 17.7 Å². The molecule has 0 N–H and O–H groups in total. The van der Waals surface area contributed by atoms with Gasteiger partial charge in [-0.3, -0.25) is 9.36 Å². The molecule has 0 aliphatic rings. The number of fused-ring (bicyclic) bond motifs is 1. The minimum absolute atomic E-state index is 0.0655. The Morgan fingerprint density at radius 2 is 1.85 bits per heavy atom. The molecule has 0 spiro atoms. The van der Waals surface area contributed by atoms with Crippen LogP contribution in [0.25, 0.3) is 22.3 Å². The van der Waals surface area contributed by atoms with E-state index in [1.165, 1.54) is 11.8 Å². The van der Waals surface area contributed by atoms with Gasteiger partial charge in [-0.2, -0.15) is 4.98 Å². The summed E-state index contributed by atoms with van der Waals surface area (Å²) in [6, 6.07) is 15.2. The highest BCUT2D eigenvalue weighted by molar-refractivity contribution is 7.98.